The minimum atomic E-state index is -0.325. The van der Waals surface area contributed by atoms with E-state index in [9.17, 15) is 4.79 Å². The number of hydrogen-bond acceptors (Lipinski definition) is 4. The van der Waals surface area contributed by atoms with Crippen LogP contribution >= 0.6 is 11.3 Å². The average molecular weight is 420 g/mol. The van der Waals surface area contributed by atoms with Gasteiger partial charge in [0.05, 0.1) is 0 Å². The van der Waals surface area contributed by atoms with Crippen molar-refractivity contribution < 1.29 is 9.53 Å². The fourth-order valence-corrected chi connectivity index (χ4v) is 4.18. The predicted molar refractivity (Wildman–Crippen MR) is 126 cm³/mol. The molecule has 0 spiro atoms. The van der Waals surface area contributed by atoms with Crippen molar-refractivity contribution in [2.75, 3.05) is 0 Å². The molecule has 0 aliphatic rings. The molecule has 0 saturated heterocycles. The zero-order valence-corrected chi connectivity index (χ0v) is 18.6. The number of ether oxygens (including phenoxy) is 1. The van der Waals surface area contributed by atoms with E-state index in [1.54, 1.807) is 11.3 Å². The summed E-state index contributed by atoms with van der Waals surface area (Å²) in [4.78, 5) is 17.8. The number of thiazole rings is 1. The SMILES string of the molecule is CCCCC/C=C/C(=O)Oc1ccc(-c2ccc(-c3ncc(CCC)s3)cc2)cc1. The van der Waals surface area contributed by atoms with Crippen molar-refractivity contribution in [3.05, 3.63) is 71.8 Å². The molecule has 0 aliphatic carbocycles. The molecule has 0 N–H and O–H groups in total. The molecule has 1 aromatic heterocycles. The first kappa shape index (κ1) is 22.0. The third kappa shape index (κ3) is 6.39. The second-order valence-corrected chi connectivity index (χ2v) is 8.42. The summed E-state index contributed by atoms with van der Waals surface area (Å²) < 4.78 is 5.38. The molecule has 0 atom stereocenters. The van der Waals surface area contributed by atoms with Crippen molar-refractivity contribution in [2.45, 2.75) is 52.4 Å². The van der Waals surface area contributed by atoms with Gasteiger partial charge in [0.15, 0.2) is 0 Å². The lowest BCUT2D eigenvalue weighted by Crippen LogP contribution is -2.03. The van der Waals surface area contributed by atoms with Gasteiger partial charge in [-0.15, -0.1) is 11.3 Å². The zero-order chi connectivity index (χ0) is 21.2. The van der Waals surface area contributed by atoms with E-state index in [2.05, 4.69) is 43.1 Å². The number of nitrogens with zero attached hydrogens (tertiary/aromatic N) is 1. The molecule has 0 amide bonds. The monoisotopic (exact) mass is 419 g/mol. The topological polar surface area (TPSA) is 39.2 Å². The minimum absolute atomic E-state index is 0.325. The van der Waals surface area contributed by atoms with E-state index in [1.165, 1.54) is 23.8 Å². The standard InChI is InChI=1S/C26H29NO2S/c1-3-5-6-7-8-10-25(28)29-23-17-15-21(16-18-23)20-11-13-22(14-12-20)26-27-19-24(30-26)9-4-2/h8,10-19H,3-7,9H2,1-2H3/b10-8+. The molecule has 0 unspecified atom stereocenters. The van der Waals surface area contributed by atoms with Gasteiger partial charge in [-0.05, 0) is 42.5 Å². The Morgan fingerprint density at radius 3 is 2.27 bits per heavy atom. The highest BCUT2D eigenvalue weighted by Crippen LogP contribution is 2.29. The van der Waals surface area contributed by atoms with E-state index < -0.39 is 0 Å². The minimum Gasteiger partial charge on any atom is -0.423 e. The molecule has 4 heteroatoms. The highest BCUT2D eigenvalue weighted by molar-refractivity contribution is 7.15. The van der Waals surface area contributed by atoms with Crippen molar-refractivity contribution in [3.63, 3.8) is 0 Å². The van der Waals surface area contributed by atoms with Gasteiger partial charge in [-0.1, -0.05) is 75.6 Å². The number of esters is 1. The number of benzene rings is 2. The number of carbonyl (C=O) groups excluding carboxylic acids is 1. The maximum Gasteiger partial charge on any atom is 0.335 e. The molecule has 3 nitrogen and oxygen atoms in total. The number of hydrogen-bond donors (Lipinski definition) is 0. The Bertz CT molecular complexity index is 955. The average Bonchev–Trinajstić information content (AvgIpc) is 3.23. The van der Waals surface area contributed by atoms with Gasteiger partial charge in [-0.25, -0.2) is 9.78 Å². The van der Waals surface area contributed by atoms with Gasteiger partial charge in [-0.3, -0.25) is 0 Å². The second-order valence-electron chi connectivity index (χ2n) is 7.30. The maximum atomic E-state index is 11.9. The van der Waals surface area contributed by atoms with Crippen molar-refractivity contribution in [1.29, 1.82) is 0 Å². The summed E-state index contributed by atoms with van der Waals surface area (Å²) in [6.07, 6.45) is 12.0. The van der Waals surface area contributed by atoms with Gasteiger partial charge in [0.25, 0.3) is 0 Å². The second kappa shape index (κ2) is 11.5. The summed E-state index contributed by atoms with van der Waals surface area (Å²) in [5, 5.41) is 1.06. The van der Waals surface area contributed by atoms with Gasteiger partial charge in [0.1, 0.15) is 10.8 Å². The van der Waals surface area contributed by atoms with Crippen molar-refractivity contribution in [3.8, 4) is 27.4 Å². The van der Waals surface area contributed by atoms with Crippen LogP contribution < -0.4 is 4.74 Å². The fourth-order valence-electron chi connectivity index (χ4n) is 3.17. The van der Waals surface area contributed by atoms with E-state index in [4.69, 9.17) is 4.74 Å². The van der Waals surface area contributed by atoms with Crippen LogP contribution in [0.15, 0.2) is 66.9 Å². The Morgan fingerprint density at radius 1 is 0.933 bits per heavy atom. The molecule has 0 saturated carbocycles. The molecule has 2 aromatic carbocycles. The zero-order valence-electron chi connectivity index (χ0n) is 17.8. The van der Waals surface area contributed by atoms with Crippen LogP contribution in [0.4, 0.5) is 0 Å². The van der Waals surface area contributed by atoms with Crippen molar-refractivity contribution >= 4 is 17.3 Å². The van der Waals surface area contributed by atoms with E-state index in [1.807, 2.05) is 36.5 Å². The molecule has 3 rings (SSSR count). The number of unbranched alkanes of at least 4 members (excludes halogenated alkanes) is 3. The van der Waals surface area contributed by atoms with Crippen LogP contribution in [0.2, 0.25) is 0 Å². The number of allylic oxidation sites excluding steroid dienone is 1. The maximum absolute atomic E-state index is 11.9. The summed E-state index contributed by atoms with van der Waals surface area (Å²) in [5.74, 6) is 0.235. The highest BCUT2D eigenvalue weighted by Gasteiger charge is 2.06. The third-order valence-electron chi connectivity index (χ3n) is 4.82. The number of aromatic nitrogens is 1. The van der Waals surface area contributed by atoms with Gasteiger partial charge < -0.3 is 4.74 Å². The van der Waals surface area contributed by atoms with E-state index in [0.717, 1.165) is 47.4 Å². The van der Waals surface area contributed by atoms with Crippen LogP contribution in [-0.2, 0) is 11.2 Å². The molecule has 0 radical (unpaired) electrons. The lowest BCUT2D eigenvalue weighted by Gasteiger charge is -2.05. The van der Waals surface area contributed by atoms with E-state index in [-0.39, 0.29) is 5.97 Å². The van der Waals surface area contributed by atoms with Gasteiger partial charge >= 0.3 is 5.97 Å². The molecular weight excluding hydrogens is 390 g/mol. The molecule has 156 valence electrons. The van der Waals surface area contributed by atoms with Crippen LogP contribution in [0.25, 0.3) is 21.7 Å². The normalized spacial score (nSPS) is 11.1. The first-order chi connectivity index (χ1) is 14.7. The largest absolute Gasteiger partial charge is 0.423 e. The van der Waals surface area contributed by atoms with Gasteiger partial charge in [-0.2, -0.15) is 0 Å². The summed E-state index contributed by atoms with van der Waals surface area (Å²) in [5.41, 5.74) is 3.35. The van der Waals surface area contributed by atoms with E-state index in [0.29, 0.717) is 5.75 Å². The third-order valence-corrected chi connectivity index (χ3v) is 5.92. The Hall–Kier alpha value is -2.72. The van der Waals surface area contributed by atoms with Crippen molar-refractivity contribution in [2.24, 2.45) is 0 Å². The predicted octanol–water partition coefficient (Wildman–Crippen LogP) is 7.47. The number of carbonyl (C=O) groups is 1. The first-order valence-electron chi connectivity index (χ1n) is 10.7. The Morgan fingerprint density at radius 2 is 1.60 bits per heavy atom. The van der Waals surface area contributed by atoms with Crippen LogP contribution in [0.3, 0.4) is 0 Å². The van der Waals surface area contributed by atoms with Gasteiger partial charge in [0.2, 0.25) is 0 Å². The Labute approximate surface area is 183 Å². The summed E-state index contributed by atoms with van der Waals surface area (Å²) in [6.45, 7) is 4.35. The molecule has 0 aliphatic heterocycles. The van der Waals surface area contributed by atoms with Crippen LogP contribution in [0.5, 0.6) is 5.75 Å². The molecule has 3 aromatic rings. The van der Waals surface area contributed by atoms with Crippen molar-refractivity contribution in [1.82, 2.24) is 4.98 Å². The number of rotatable bonds is 10. The lowest BCUT2D eigenvalue weighted by atomic mass is 10.0. The van der Waals surface area contributed by atoms with Crippen LogP contribution in [0, 0.1) is 0 Å². The Kier molecular flexibility index (Phi) is 8.40. The Balaban J connectivity index is 1.58. The highest BCUT2D eigenvalue weighted by atomic mass is 32.1. The lowest BCUT2D eigenvalue weighted by molar-refractivity contribution is -0.129. The molecule has 0 bridgehead atoms. The molecule has 30 heavy (non-hydrogen) atoms. The molecule has 0 fully saturated rings. The quantitative estimate of drug-likeness (QED) is 0.148. The first-order valence-corrected chi connectivity index (χ1v) is 11.5. The van der Waals surface area contributed by atoms with Crippen LogP contribution in [-0.4, -0.2) is 11.0 Å². The van der Waals surface area contributed by atoms with Gasteiger partial charge in [0, 0.05) is 22.7 Å². The number of aryl methyl sites for hydroxylation is 1. The van der Waals surface area contributed by atoms with E-state index >= 15 is 0 Å². The summed E-state index contributed by atoms with van der Waals surface area (Å²) in [6, 6.07) is 16.1. The van der Waals surface area contributed by atoms with Crippen LogP contribution in [0.1, 0.15) is 50.8 Å². The molecule has 1 heterocycles. The fraction of sp³-hybridized carbons (Fsp3) is 0.308. The summed E-state index contributed by atoms with van der Waals surface area (Å²) >= 11 is 1.76. The summed E-state index contributed by atoms with van der Waals surface area (Å²) in [7, 11) is 0. The molecular formula is C26H29NO2S. The smallest absolute Gasteiger partial charge is 0.335 e.